The van der Waals surface area contributed by atoms with Crippen molar-refractivity contribution >= 4 is 0 Å². The molecule has 0 aromatic carbocycles. The van der Waals surface area contributed by atoms with Gasteiger partial charge in [-0.05, 0) is 0 Å². The molecule has 4 nitrogen and oxygen atoms in total. The summed E-state index contributed by atoms with van der Waals surface area (Å²) in [6.07, 6.45) is 0. The van der Waals surface area contributed by atoms with E-state index in [4.69, 9.17) is 0 Å². The van der Waals surface area contributed by atoms with E-state index in [0.29, 0.717) is 0 Å². The molecule has 0 saturated heterocycles. The van der Waals surface area contributed by atoms with Gasteiger partial charge in [0.05, 0.1) is 0 Å². The molecule has 1 radical (unpaired) electrons. The molecule has 0 aliphatic heterocycles. The fourth-order valence-electron chi connectivity index (χ4n) is 0. The van der Waals surface area contributed by atoms with Crippen LogP contribution in [0.3, 0.4) is 0 Å². The molecule has 0 bridgehead atoms. The third-order valence-electron chi connectivity index (χ3n) is 0. The molecule has 5 heteroatoms. The minimum atomic E-state index is 0. The summed E-state index contributed by atoms with van der Waals surface area (Å²) in [7, 11) is 0. The van der Waals surface area contributed by atoms with Crippen molar-refractivity contribution in [2.45, 2.75) is 0 Å². The molecule has 0 fully saturated rings. The van der Waals surface area contributed by atoms with Gasteiger partial charge in [-0.15, -0.1) is 0 Å². The minimum Gasteiger partial charge on any atom is -2.00 e. The summed E-state index contributed by atoms with van der Waals surface area (Å²) in [5.41, 5.74) is 0. The van der Waals surface area contributed by atoms with Crippen LogP contribution in [0.4, 0.5) is 0 Å². The molecule has 0 aliphatic carbocycles. The molecule has 0 saturated carbocycles. The summed E-state index contributed by atoms with van der Waals surface area (Å²) in [5.74, 6) is 0. The normalized spacial score (nSPS) is 0. The topological polar surface area (TPSA) is 114 Å². The average Bonchev–Trinajstić information content (AvgIpc) is 0. The van der Waals surface area contributed by atoms with Gasteiger partial charge in [-0.2, -0.15) is 0 Å². The molecule has 0 aliphatic rings. The van der Waals surface area contributed by atoms with Crippen LogP contribution >= 0.6 is 0 Å². The summed E-state index contributed by atoms with van der Waals surface area (Å²) in [6, 6.07) is 0. The standard InChI is InChI=1S/4O.V/q4*-2;. The van der Waals surface area contributed by atoms with Crippen molar-refractivity contribution < 1.29 is 40.5 Å². The Bertz CT molecular complexity index is 3.61. The molecule has 0 aromatic rings. The summed E-state index contributed by atoms with van der Waals surface area (Å²) in [4.78, 5) is 0. The van der Waals surface area contributed by atoms with E-state index in [1.807, 2.05) is 0 Å². The maximum absolute atomic E-state index is 0. The second-order valence-corrected chi connectivity index (χ2v) is 0. The molecule has 0 atom stereocenters. The van der Waals surface area contributed by atoms with E-state index in [-0.39, 0.29) is 40.5 Å². The van der Waals surface area contributed by atoms with E-state index >= 15 is 0 Å². The molecule has 0 heterocycles. The summed E-state index contributed by atoms with van der Waals surface area (Å²) in [6.45, 7) is 0. The molecule has 0 amide bonds. The van der Waals surface area contributed by atoms with Gasteiger partial charge in [-0.1, -0.05) is 0 Å². The van der Waals surface area contributed by atoms with E-state index in [0.717, 1.165) is 0 Å². The predicted molar refractivity (Wildman–Crippen MR) is 2.75 cm³/mol. The zero-order valence-electron chi connectivity index (χ0n) is 2.08. The van der Waals surface area contributed by atoms with Gasteiger partial charge in [-0.3, -0.25) is 0 Å². The van der Waals surface area contributed by atoms with E-state index in [1.54, 1.807) is 0 Å². The molecule has 0 rings (SSSR count). The van der Waals surface area contributed by atoms with E-state index < -0.39 is 0 Å². The number of hydrogen-bond acceptors (Lipinski definition) is 0. The Morgan fingerprint density at radius 2 is 0.400 bits per heavy atom. The largest absolute Gasteiger partial charge is 2.00 e. The Morgan fingerprint density at radius 3 is 0.400 bits per heavy atom. The first-order valence-electron chi connectivity index (χ1n) is 0. The third-order valence-corrected chi connectivity index (χ3v) is 0. The van der Waals surface area contributed by atoms with Crippen molar-refractivity contribution in [3.8, 4) is 0 Å². The number of hydrogen-bond donors (Lipinski definition) is 0. The number of rotatable bonds is 0. The second-order valence-electron chi connectivity index (χ2n) is 0. The van der Waals surface area contributed by atoms with Crippen LogP contribution in [0, 0.1) is 0 Å². The second kappa shape index (κ2) is 288. The Labute approximate surface area is 41.3 Å². The van der Waals surface area contributed by atoms with E-state index in [2.05, 4.69) is 0 Å². The zero-order chi connectivity index (χ0) is 0. The van der Waals surface area contributed by atoms with Gasteiger partial charge < -0.3 is 21.9 Å². The van der Waals surface area contributed by atoms with Crippen LogP contribution in [-0.4, -0.2) is 0 Å². The van der Waals surface area contributed by atoms with Crippen molar-refractivity contribution in [1.82, 2.24) is 0 Å². The minimum absolute atomic E-state index is 0. The summed E-state index contributed by atoms with van der Waals surface area (Å²) in [5, 5.41) is 0. The molecule has 0 spiro atoms. The molecule has 0 N–H and O–H groups in total. The maximum Gasteiger partial charge on any atom is 0 e. The molecular weight excluding hydrogens is 115 g/mol. The van der Waals surface area contributed by atoms with Crippen LogP contribution in [0.15, 0.2) is 0 Å². The molecule has 37 valence electrons. The SMILES string of the molecule is [O-2].[O-2].[O-2].[O-2].[V]. The summed E-state index contributed by atoms with van der Waals surface area (Å²) >= 11 is 0. The first-order valence-corrected chi connectivity index (χ1v) is 0. The van der Waals surface area contributed by atoms with Crippen molar-refractivity contribution in [3.05, 3.63) is 0 Å². The van der Waals surface area contributed by atoms with Crippen molar-refractivity contribution in [3.63, 3.8) is 0 Å². The van der Waals surface area contributed by atoms with Gasteiger partial charge in [0.25, 0.3) is 0 Å². The maximum atomic E-state index is 0. The van der Waals surface area contributed by atoms with E-state index in [9.17, 15) is 0 Å². The predicted octanol–water partition coefficient (Wildman–Crippen LogP) is -0.478. The smallest absolute Gasteiger partial charge is 0 e. The van der Waals surface area contributed by atoms with Gasteiger partial charge in [0.15, 0.2) is 0 Å². The van der Waals surface area contributed by atoms with Crippen molar-refractivity contribution in [2.75, 3.05) is 0 Å². The van der Waals surface area contributed by atoms with Crippen molar-refractivity contribution in [2.24, 2.45) is 0 Å². The molecule has 0 unspecified atom stereocenters. The quantitative estimate of drug-likeness (QED) is 0.405. The fourth-order valence-corrected chi connectivity index (χ4v) is 0. The Balaban J connectivity index is 0. The van der Waals surface area contributed by atoms with Crippen LogP contribution in [0.2, 0.25) is 0 Å². The Morgan fingerprint density at radius 1 is 0.400 bits per heavy atom. The molecule has 0 aromatic heterocycles. The summed E-state index contributed by atoms with van der Waals surface area (Å²) < 4.78 is 0. The van der Waals surface area contributed by atoms with Gasteiger partial charge in [0, 0.05) is 18.6 Å². The Kier molecular flexibility index (Phi) is 34000. The zero-order valence-corrected chi connectivity index (χ0v) is 3.48. The van der Waals surface area contributed by atoms with Crippen molar-refractivity contribution in [1.29, 1.82) is 0 Å². The average molecular weight is 115 g/mol. The molecular formula is O4V-8. The first-order chi connectivity index (χ1) is 0. The van der Waals surface area contributed by atoms with Gasteiger partial charge in [0.2, 0.25) is 0 Å². The van der Waals surface area contributed by atoms with Gasteiger partial charge in [-0.25, -0.2) is 0 Å². The third kappa shape index (κ3) is 144. The Hall–Kier alpha value is 0.424. The van der Waals surface area contributed by atoms with Crippen LogP contribution in [-0.2, 0) is 40.5 Å². The molecule has 5 heavy (non-hydrogen) atoms. The van der Waals surface area contributed by atoms with Crippen LogP contribution < -0.4 is 0 Å². The fraction of sp³-hybridized carbons (Fsp3) is 0. The monoisotopic (exact) mass is 115 g/mol. The first kappa shape index (κ1) is 589. The van der Waals surface area contributed by atoms with Crippen LogP contribution in [0.25, 0.3) is 0 Å². The van der Waals surface area contributed by atoms with E-state index in [1.165, 1.54) is 0 Å². The van der Waals surface area contributed by atoms with Crippen LogP contribution in [0.5, 0.6) is 0 Å². The van der Waals surface area contributed by atoms with Crippen LogP contribution in [0.1, 0.15) is 0 Å². The van der Waals surface area contributed by atoms with Gasteiger partial charge >= 0.3 is 0 Å². The van der Waals surface area contributed by atoms with Gasteiger partial charge in [0.1, 0.15) is 0 Å².